The van der Waals surface area contributed by atoms with E-state index in [2.05, 4.69) is 54.2 Å². The Labute approximate surface area is 237 Å². The SMILES string of the molecule is CCS(=O)(=O)c1ccc(CNC(=O)N2CC(c3cccc(C4CC4)c3)C(c3cc(C4CC4)nn3C(C)C)C2)cc1. The lowest BCUT2D eigenvalue weighted by Gasteiger charge is -2.22. The number of amides is 2. The summed E-state index contributed by atoms with van der Waals surface area (Å²) < 4.78 is 26.5. The quantitative estimate of drug-likeness (QED) is 0.343. The zero-order valence-electron chi connectivity index (χ0n) is 23.7. The fourth-order valence-electron chi connectivity index (χ4n) is 6.04. The Hall–Kier alpha value is -3.13. The second-order valence-corrected chi connectivity index (χ2v) is 14.4. The van der Waals surface area contributed by atoms with Gasteiger partial charge in [-0.25, -0.2) is 13.2 Å². The Kier molecular flexibility index (Phi) is 7.23. The highest BCUT2D eigenvalue weighted by molar-refractivity contribution is 7.91. The number of nitrogens with one attached hydrogen (secondary N) is 1. The number of likely N-dealkylation sites (tertiary alicyclic amines) is 1. The van der Waals surface area contributed by atoms with Gasteiger partial charge >= 0.3 is 6.03 Å². The number of hydrogen-bond donors (Lipinski definition) is 1. The molecule has 212 valence electrons. The molecule has 2 aliphatic carbocycles. The number of benzene rings is 2. The number of carbonyl (C=O) groups is 1. The molecule has 0 bridgehead atoms. The van der Waals surface area contributed by atoms with Crippen molar-refractivity contribution < 1.29 is 13.2 Å². The molecule has 2 atom stereocenters. The van der Waals surface area contributed by atoms with Crippen LogP contribution in [0.3, 0.4) is 0 Å². The average Bonchev–Trinajstić information content (AvgIpc) is 3.90. The molecular weight excluding hydrogens is 520 g/mol. The van der Waals surface area contributed by atoms with Gasteiger partial charge < -0.3 is 10.2 Å². The summed E-state index contributed by atoms with van der Waals surface area (Å²) in [4.78, 5) is 15.7. The molecule has 0 radical (unpaired) electrons. The molecule has 2 unspecified atom stereocenters. The predicted octanol–water partition coefficient (Wildman–Crippen LogP) is 6.11. The molecule has 7 nitrogen and oxygen atoms in total. The van der Waals surface area contributed by atoms with Gasteiger partial charge in [0.15, 0.2) is 9.84 Å². The van der Waals surface area contributed by atoms with Gasteiger partial charge in [0, 0.05) is 49.1 Å². The van der Waals surface area contributed by atoms with Crippen molar-refractivity contribution in [3.63, 3.8) is 0 Å². The fourth-order valence-corrected chi connectivity index (χ4v) is 6.92. The molecular formula is C32H40N4O3S. The number of sulfone groups is 1. The Balaban J connectivity index is 1.23. The van der Waals surface area contributed by atoms with Crippen molar-refractivity contribution in [3.8, 4) is 0 Å². The maximum Gasteiger partial charge on any atom is 0.317 e. The van der Waals surface area contributed by atoms with Crippen LogP contribution in [-0.4, -0.2) is 48.0 Å². The van der Waals surface area contributed by atoms with Crippen LogP contribution in [0.1, 0.15) is 104 Å². The van der Waals surface area contributed by atoms with E-state index >= 15 is 0 Å². The van der Waals surface area contributed by atoms with Crippen molar-refractivity contribution in [2.45, 2.75) is 87.6 Å². The van der Waals surface area contributed by atoms with Crippen molar-refractivity contribution in [2.75, 3.05) is 18.8 Å². The third kappa shape index (κ3) is 5.55. The summed E-state index contributed by atoms with van der Waals surface area (Å²) in [6, 6.07) is 18.3. The molecule has 1 N–H and O–H groups in total. The van der Waals surface area contributed by atoms with Crippen molar-refractivity contribution in [3.05, 3.63) is 82.7 Å². The summed E-state index contributed by atoms with van der Waals surface area (Å²) in [5, 5.41) is 8.11. The third-order valence-corrected chi connectivity index (χ3v) is 10.5. The molecule has 3 aromatic rings. The lowest BCUT2D eigenvalue weighted by Crippen LogP contribution is -2.38. The first kappa shape index (κ1) is 27.1. The van der Waals surface area contributed by atoms with Gasteiger partial charge in [0.05, 0.1) is 16.3 Å². The Bertz CT molecular complexity index is 1490. The summed E-state index contributed by atoms with van der Waals surface area (Å²) in [5.74, 6) is 1.70. The smallest absolute Gasteiger partial charge is 0.317 e. The van der Waals surface area contributed by atoms with Crippen LogP contribution in [0.25, 0.3) is 0 Å². The Morgan fingerprint density at radius 2 is 1.62 bits per heavy atom. The third-order valence-electron chi connectivity index (χ3n) is 8.75. The number of nitrogens with zero attached hydrogens (tertiary/aromatic N) is 3. The van der Waals surface area contributed by atoms with E-state index in [1.165, 1.54) is 48.2 Å². The minimum absolute atomic E-state index is 0.0712. The molecule has 2 heterocycles. The topological polar surface area (TPSA) is 84.3 Å². The van der Waals surface area contributed by atoms with Crippen molar-refractivity contribution in [1.82, 2.24) is 20.0 Å². The predicted molar refractivity (Wildman–Crippen MR) is 156 cm³/mol. The maximum absolute atomic E-state index is 13.5. The highest BCUT2D eigenvalue weighted by atomic mass is 32.2. The summed E-state index contributed by atoms with van der Waals surface area (Å²) in [6.07, 6.45) is 4.96. The molecule has 6 rings (SSSR count). The van der Waals surface area contributed by atoms with Gasteiger partial charge in [-0.15, -0.1) is 0 Å². The summed E-state index contributed by atoms with van der Waals surface area (Å²) in [7, 11) is -3.24. The van der Waals surface area contributed by atoms with Crippen LogP contribution >= 0.6 is 0 Å². The summed E-state index contributed by atoms with van der Waals surface area (Å²) in [6.45, 7) is 7.66. The minimum Gasteiger partial charge on any atom is -0.334 e. The fraction of sp³-hybridized carbons (Fsp3) is 0.500. The highest BCUT2D eigenvalue weighted by Gasteiger charge is 2.40. The van der Waals surface area contributed by atoms with E-state index in [0.717, 1.165) is 5.56 Å². The Morgan fingerprint density at radius 1 is 0.950 bits per heavy atom. The van der Waals surface area contributed by atoms with Crippen LogP contribution in [0.4, 0.5) is 4.79 Å². The summed E-state index contributed by atoms with van der Waals surface area (Å²) in [5.41, 5.74) is 6.04. The molecule has 40 heavy (non-hydrogen) atoms. The van der Waals surface area contributed by atoms with Crippen LogP contribution in [0.2, 0.25) is 0 Å². The number of rotatable bonds is 9. The standard InChI is InChI=1S/C32H40N4O3S/c1-4-40(38,39)27-14-8-22(9-15-27)18-33-32(37)35-19-28(26-7-5-6-25(16-26)23-10-11-23)29(20-35)31-17-30(24-12-13-24)34-36(31)21(2)3/h5-9,14-17,21,23-24,28-29H,4,10-13,18-20H2,1-3H3,(H,33,37). The van der Waals surface area contributed by atoms with Gasteiger partial charge in [0.1, 0.15) is 0 Å². The minimum atomic E-state index is -3.24. The van der Waals surface area contributed by atoms with Gasteiger partial charge in [-0.3, -0.25) is 4.68 Å². The lowest BCUT2D eigenvalue weighted by molar-refractivity contribution is 0.207. The first-order chi connectivity index (χ1) is 19.2. The van der Waals surface area contributed by atoms with Gasteiger partial charge in [-0.05, 0) is 80.3 Å². The van der Waals surface area contributed by atoms with Crippen LogP contribution in [-0.2, 0) is 16.4 Å². The van der Waals surface area contributed by atoms with Gasteiger partial charge in [-0.1, -0.05) is 43.3 Å². The molecule has 8 heteroatoms. The second-order valence-electron chi connectivity index (χ2n) is 12.1. The molecule has 2 saturated carbocycles. The first-order valence-corrected chi connectivity index (χ1v) is 16.4. The van der Waals surface area contributed by atoms with Crippen molar-refractivity contribution in [1.29, 1.82) is 0 Å². The van der Waals surface area contributed by atoms with Crippen LogP contribution in [0.5, 0.6) is 0 Å². The monoisotopic (exact) mass is 560 g/mol. The summed E-state index contributed by atoms with van der Waals surface area (Å²) >= 11 is 0. The molecule has 3 fully saturated rings. The average molecular weight is 561 g/mol. The van der Waals surface area contributed by atoms with Crippen molar-refractivity contribution in [2.24, 2.45) is 0 Å². The lowest BCUT2D eigenvalue weighted by atomic mass is 9.85. The largest absolute Gasteiger partial charge is 0.334 e. The molecule has 1 aromatic heterocycles. The van der Waals surface area contributed by atoms with E-state index in [1.54, 1.807) is 31.2 Å². The van der Waals surface area contributed by atoms with Crippen molar-refractivity contribution >= 4 is 15.9 Å². The first-order valence-electron chi connectivity index (χ1n) is 14.8. The van der Waals surface area contributed by atoms with Crippen LogP contribution < -0.4 is 5.32 Å². The van der Waals surface area contributed by atoms with E-state index in [4.69, 9.17) is 5.10 Å². The zero-order valence-corrected chi connectivity index (χ0v) is 24.5. The normalized spacial score (nSPS) is 21.2. The van der Waals surface area contributed by atoms with E-state index in [0.29, 0.717) is 36.4 Å². The Morgan fingerprint density at radius 3 is 2.27 bits per heavy atom. The van der Waals surface area contributed by atoms with Gasteiger partial charge in [0.25, 0.3) is 0 Å². The molecule has 3 aliphatic rings. The number of urea groups is 1. The number of hydrogen-bond acceptors (Lipinski definition) is 4. The molecule has 2 aromatic carbocycles. The molecule has 2 amide bonds. The zero-order chi connectivity index (χ0) is 28.0. The van der Waals surface area contributed by atoms with E-state index in [-0.39, 0.29) is 29.7 Å². The van der Waals surface area contributed by atoms with E-state index in [1.807, 2.05) is 4.90 Å². The van der Waals surface area contributed by atoms with Gasteiger partial charge in [-0.2, -0.15) is 5.10 Å². The highest BCUT2D eigenvalue weighted by Crippen LogP contribution is 2.46. The molecule has 1 saturated heterocycles. The van der Waals surface area contributed by atoms with E-state index < -0.39 is 9.84 Å². The number of carbonyl (C=O) groups excluding carboxylic acids is 1. The van der Waals surface area contributed by atoms with Crippen LogP contribution in [0.15, 0.2) is 59.5 Å². The second kappa shape index (κ2) is 10.7. The molecule has 1 aliphatic heterocycles. The molecule has 0 spiro atoms. The van der Waals surface area contributed by atoms with Crippen LogP contribution in [0, 0.1) is 0 Å². The van der Waals surface area contributed by atoms with E-state index in [9.17, 15) is 13.2 Å². The number of aromatic nitrogens is 2. The van der Waals surface area contributed by atoms with Gasteiger partial charge in [0.2, 0.25) is 0 Å². The maximum atomic E-state index is 13.5.